The summed E-state index contributed by atoms with van der Waals surface area (Å²) in [6.45, 7) is 6.59. The van der Waals surface area contributed by atoms with E-state index in [1.165, 1.54) is 19.0 Å². The van der Waals surface area contributed by atoms with Gasteiger partial charge in [0.15, 0.2) is 0 Å². The minimum Gasteiger partial charge on any atom is -0.488 e. The van der Waals surface area contributed by atoms with Gasteiger partial charge >= 0.3 is 0 Å². The molecule has 0 spiro atoms. The summed E-state index contributed by atoms with van der Waals surface area (Å²) in [4.78, 5) is 5.00. The van der Waals surface area contributed by atoms with Crippen molar-refractivity contribution in [3.8, 4) is 5.75 Å². The molecule has 0 aliphatic carbocycles. The van der Waals surface area contributed by atoms with Gasteiger partial charge in [-0.3, -0.25) is 4.90 Å². The molecule has 2 aliphatic rings. The van der Waals surface area contributed by atoms with E-state index in [4.69, 9.17) is 4.74 Å². The molecular weight excluding hydrogens is 335 g/mol. The van der Waals surface area contributed by atoms with Gasteiger partial charge in [0.2, 0.25) is 0 Å². The summed E-state index contributed by atoms with van der Waals surface area (Å²) in [5, 5.41) is 1.04. The van der Waals surface area contributed by atoms with E-state index in [0.717, 1.165) is 55.8 Å². The fourth-order valence-corrected chi connectivity index (χ4v) is 3.73. The van der Waals surface area contributed by atoms with Gasteiger partial charge in [-0.25, -0.2) is 4.39 Å². The summed E-state index contributed by atoms with van der Waals surface area (Å²) in [6.07, 6.45) is 2.21. The number of hydrogen-bond donors (Lipinski definition) is 0. The molecule has 0 amide bonds. The van der Waals surface area contributed by atoms with Crippen LogP contribution >= 0.6 is 15.9 Å². The quantitative estimate of drug-likeness (QED) is 0.771. The lowest BCUT2D eigenvalue weighted by Crippen LogP contribution is -2.37. The molecule has 1 aromatic carbocycles. The number of rotatable bonds is 4. The topological polar surface area (TPSA) is 15.7 Å². The fraction of sp³-hybridized carbons (Fsp3) is 0.625. The Bertz CT molecular complexity index is 485. The maximum atomic E-state index is 13.2. The van der Waals surface area contributed by atoms with Gasteiger partial charge in [-0.05, 0) is 37.7 Å². The van der Waals surface area contributed by atoms with Crippen LogP contribution in [-0.4, -0.2) is 60.5 Å². The third-order valence-corrected chi connectivity index (χ3v) is 4.66. The third kappa shape index (κ3) is 3.96. The number of nitrogens with zero attached hydrogens (tertiary/aromatic N) is 2. The third-order valence-electron chi connectivity index (χ3n) is 4.31. The smallest absolute Gasteiger partial charge is 0.123 e. The molecule has 1 aromatic rings. The highest BCUT2D eigenvalue weighted by atomic mass is 79.9. The van der Waals surface area contributed by atoms with E-state index in [1.54, 1.807) is 12.1 Å². The first kappa shape index (κ1) is 15.3. The molecule has 1 fully saturated rings. The summed E-state index contributed by atoms with van der Waals surface area (Å²) in [5.74, 6) is 0.690. The van der Waals surface area contributed by atoms with E-state index in [9.17, 15) is 4.39 Å². The molecule has 3 nitrogen and oxygen atoms in total. The van der Waals surface area contributed by atoms with Crippen molar-refractivity contribution in [2.75, 3.05) is 44.6 Å². The zero-order chi connectivity index (χ0) is 14.7. The second-order valence-corrected chi connectivity index (χ2v) is 6.67. The summed E-state index contributed by atoms with van der Waals surface area (Å²) in [5.41, 5.74) is 1.01. The number of halogens is 2. The fourth-order valence-electron chi connectivity index (χ4n) is 3.23. The Hall–Kier alpha value is -0.650. The molecule has 0 bridgehead atoms. The van der Waals surface area contributed by atoms with E-state index in [1.807, 2.05) is 0 Å². The Morgan fingerprint density at radius 1 is 1.19 bits per heavy atom. The number of fused-ring (bicyclic) bond motifs is 1. The Kier molecular flexibility index (Phi) is 5.14. The van der Waals surface area contributed by atoms with Crippen LogP contribution in [0.4, 0.5) is 4.39 Å². The highest BCUT2D eigenvalue weighted by molar-refractivity contribution is 9.09. The molecule has 0 aromatic heterocycles. The van der Waals surface area contributed by atoms with Gasteiger partial charge in [0, 0.05) is 43.5 Å². The van der Waals surface area contributed by atoms with Crippen LogP contribution in [0.2, 0.25) is 0 Å². The average Bonchev–Trinajstić information content (AvgIpc) is 2.72. The summed E-state index contributed by atoms with van der Waals surface area (Å²) in [6, 6.07) is 4.84. The number of ether oxygens (including phenoxy) is 1. The first-order valence-corrected chi connectivity index (χ1v) is 8.82. The molecule has 2 aliphatic heterocycles. The second kappa shape index (κ2) is 7.07. The van der Waals surface area contributed by atoms with Crippen LogP contribution in [0.5, 0.6) is 5.75 Å². The minimum absolute atomic E-state index is 0.168. The molecule has 1 unspecified atom stereocenters. The zero-order valence-corrected chi connectivity index (χ0v) is 13.8. The van der Waals surface area contributed by atoms with E-state index < -0.39 is 0 Å². The highest BCUT2D eigenvalue weighted by Gasteiger charge is 2.26. The van der Waals surface area contributed by atoms with Crippen molar-refractivity contribution in [1.82, 2.24) is 9.80 Å². The van der Waals surface area contributed by atoms with Crippen LogP contribution in [-0.2, 0) is 6.42 Å². The maximum Gasteiger partial charge on any atom is 0.123 e. The molecule has 0 N–H and O–H groups in total. The van der Waals surface area contributed by atoms with Crippen LogP contribution in [0.25, 0.3) is 0 Å². The zero-order valence-electron chi connectivity index (χ0n) is 12.2. The van der Waals surface area contributed by atoms with Crippen LogP contribution in [0.3, 0.4) is 0 Å². The van der Waals surface area contributed by atoms with E-state index in [-0.39, 0.29) is 11.9 Å². The Morgan fingerprint density at radius 3 is 2.86 bits per heavy atom. The lowest BCUT2D eigenvalue weighted by molar-refractivity contribution is 0.152. The first-order chi connectivity index (χ1) is 10.2. The average molecular weight is 357 g/mol. The van der Waals surface area contributed by atoms with Gasteiger partial charge in [0.25, 0.3) is 0 Å². The predicted molar refractivity (Wildman–Crippen MR) is 85.8 cm³/mol. The molecule has 3 rings (SSSR count). The largest absolute Gasteiger partial charge is 0.488 e. The Balaban J connectivity index is 1.52. The molecule has 1 atom stereocenters. The minimum atomic E-state index is -0.168. The molecular formula is C16H22BrFN2O. The summed E-state index contributed by atoms with van der Waals surface area (Å²) < 4.78 is 19.2. The van der Waals surface area contributed by atoms with Crippen LogP contribution in [0.15, 0.2) is 18.2 Å². The normalized spacial score (nSPS) is 23.6. The van der Waals surface area contributed by atoms with Gasteiger partial charge in [-0.15, -0.1) is 0 Å². The monoisotopic (exact) mass is 356 g/mol. The van der Waals surface area contributed by atoms with Gasteiger partial charge in [0.1, 0.15) is 17.7 Å². The van der Waals surface area contributed by atoms with E-state index >= 15 is 0 Å². The van der Waals surface area contributed by atoms with Crippen molar-refractivity contribution in [3.05, 3.63) is 29.6 Å². The Morgan fingerprint density at radius 2 is 2.00 bits per heavy atom. The number of benzene rings is 1. The van der Waals surface area contributed by atoms with E-state index in [2.05, 4.69) is 25.7 Å². The molecule has 116 valence electrons. The molecule has 0 saturated carbocycles. The van der Waals surface area contributed by atoms with Crippen LogP contribution < -0.4 is 4.74 Å². The lowest BCUT2D eigenvalue weighted by atomic mass is 10.1. The molecule has 0 radical (unpaired) electrons. The molecule has 2 heterocycles. The molecule has 21 heavy (non-hydrogen) atoms. The van der Waals surface area contributed by atoms with Crippen molar-refractivity contribution in [1.29, 1.82) is 0 Å². The van der Waals surface area contributed by atoms with Gasteiger partial charge in [0.05, 0.1) is 0 Å². The van der Waals surface area contributed by atoms with Crippen molar-refractivity contribution in [2.24, 2.45) is 0 Å². The van der Waals surface area contributed by atoms with Gasteiger partial charge in [-0.1, -0.05) is 15.9 Å². The number of hydrogen-bond acceptors (Lipinski definition) is 3. The van der Waals surface area contributed by atoms with Crippen molar-refractivity contribution in [2.45, 2.75) is 18.9 Å². The molecule has 1 saturated heterocycles. The van der Waals surface area contributed by atoms with Crippen molar-refractivity contribution < 1.29 is 9.13 Å². The number of alkyl halides is 1. The van der Waals surface area contributed by atoms with Crippen LogP contribution in [0.1, 0.15) is 12.0 Å². The molecule has 5 heteroatoms. The van der Waals surface area contributed by atoms with Gasteiger partial charge < -0.3 is 9.64 Å². The summed E-state index contributed by atoms with van der Waals surface area (Å²) in [7, 11) is 0. The SMILES string of the molecule is Fc1ccc2c(c1)CC(CN1CCCN(CCBr)CC1)O2. The summed E-state index contributed by atoms with van der Waals surface area (Å²) >= 11 is 3.51. The standard InChI is InChI=1S/C16H22BrFN2O/c17-4-7-19-5-1-6-20(9-8-19)12-15-11-13-10-14(18)2-3-16(13)21-15/h2-3,10,15H,1,4-9,11-12H2. The van der Waals surface area contributed by atoms with Gasteiger partial charge in [-0.2, -0.15) is 0 Å². The highest BCUT2D eigenvalue weighted by Crippen LogP contribution is 2.29. The first-order valence-electron chi connectivity index (χ1n) is 7.70. The predicted octanol–water partition coefficient (Wildman–Crippen LogP) is 2.53. The van der Waals surface area contributed by atoms with Crippen molar-refractivity contribution in [3.63, 3.8) is 0 Å². The van der Waals surface area contributed by atoms with Crippen molar-refractivity contribution >= 4 is 15.9 Å². The Labute approximate surface area is 134 Å². The maximum absolute atomic E-state index is 13.2. The lowest BCUT2D eigenvalue weighted by Gasteiger charge is -2.24. The van der Waals surface area contributed by atoms with Crippen LogP contribution in [0, 0.1) is 5.82 Å². The van der Waals surface area contributed by atoms with E-state index in [0.29, 0.717) is 0 Å². The second-order valence-electron chi connectivity index (χ2n) is 5.88.